The van der Waals surface area contributed by atoms with Crippen molar-refractivity contribution in [1.29, 1.82) is 0 Å². The Labute approximate surface area is 76.6 Å². The van der Waals surface area contributed by atoms with Crippen LogP contribution in [0, 0.1) is 5.82 Å². The zero-order chi connectivity index (χ0) is 9.42. The van der Waals surface area contributed by atoms with Gasteiger partial charge in [0.15, 0.2) is 0 Å². The molecule has 1 aromatic carbocycles. The van der Waals surface area contributed by atoms with Gasteiger partial charge in [-0.05, 0) is 17.5 Å². The summed E-state index contributed by atoms with van der Waals surface area (Å²) in [5.41, 5.74) is 1.94. The maximum atomic E-state index is 13.3. The molecule has 0 spiro atoms. The average Bonchev–Trinajstić information content (AvgIpc) is 2.48. The highest BCUT2D eigenvalue weighted by Crippen LogP contribution is 2.26. The van der Waals surface area contributed by atoms with E-state index in [-0.39, 0.29) is 5.82 Å². The van der Waals surface area contributed by atoms with E-state index in [0.29, 0.717) is 5.92 Å². The third-order valence-electron chi connectivity index (χ3n) is 2.31. The fraction of sp³-hybridized carbons (Fsp3) is 0.273. The zero-order valence-corrected chi connectivity index (χ0v) is 7.76. The van der Waals surface area contributed by atoms with Gasteiger partial charge in [0.2, 0.25) is 0 Å². The molecule has 0 saturated heterocycles. The molecule has 0 fully saturated rings. The number of H-pyrrole nitrogens is 1. The second-order valence-corrected chi connectivity index (χ2v) is 3.56. The Balaban J connectivity index is 2.80. The minimum absolute atomic E-state index is 0.153. The number of fused-ring (bicyclic) bond motifs is 1. The highest BCUT2D eigenvalue weighted by molar-refractivity contribution is 5.84. The average molecular weight is 177 g/mol. The number of halogens is 1. The van der Waals surface area contributed by atoms with Crippen LogP contribution in [-0.4, -0.2) is 4.98 Å². The molecule has 0 bridgehead atoms. The summed E-state index contributed by atoms with van der Waals surface area (Å²) in [7, 11) is 0. The van der Waals surface area contributed by atoms with Gasteiger partial charge in [-0.1, -0.05) is 26.0 Å². The quantitative estimate of drug-likeness (QED) is 0.686. The second-order valence-electron chi connectivity index (χ2n) is 3.56. The lowest BCUT2D eigenvalue weighted by Gasteiger charge is -2.06. The second kappa shape index (κ2) is 2.87. The maximum Gasteiger partial charge on any atom is 0.148 e. The monoisotopic (exact) mass is 177 g/mol. The van der Waals surface area contributed by atoms with Crippen molar-refractivity contribution in [2.24, 2.45) is 0 Å². The first-order valence-corrected chi connectivity index (χ1v) is 4.45. The Hall–Kier alpha value is -1.31. The van der Waals surface area contributed by atoms with E-state index in [2.05, 4.69) is 18.8 Å². The Bertz CT molecular complexity index is 429. The molecule has 1 heterocycles. The van der Waals surface area contributed by atoms with Crippen LogP contribution in [0.4, 0.5) is 4.39 Å². The molecule has 0 aliphatic rings. The fourth-order valence-corrected chi connectivity index (χ4v) is 1.65. The smallest absolute Gasteiger partial charge is 0.148 e. The molecular weight excluding hydrogens is 165 g/mol. The van der Waals surface area contributed by atoms with E-state index in [9.17, 15) is 4.39 Å². The molecule has 0 saturated carbocycles. The Kier molecular flexibility index (Phi) is 1.83. The lowest BCUT2D eigenvalue weighted by Crippen LogP contribution is -1.88. The Morgan fingerprint density at radius 3 is 2.77 bits per heavy atom. The van der Waals surface area contributed by atoms with E-state index in [1.54, 1.807) is 0 Å². The molecule has 1 nitrogen and oxygen atoms in total. The van der Waals surface area contributed by atoms with Gasteiger partial charge in [-0.2, -0.15) is 0 Å². The lowest BCUT2D eigenvalue weighted by molar-refractivity contribution is 0.637. The fourth-order valence-electron chi connectivity index (χ4n) is 1.65. The zero-order valence-electron chi connectivity index (χ0n) is 7.76. The van der Waals surface area contributed by atoms with Gasteiger partial charge in [0.1, 0.15) is 5.82 Å². The van der Waals surface area contributed by atoms with Crippen LogP contribution < -0.4 is 0 Å². The summed E-state index contributed by atoms with van der Waals surface area (Å²) in [6, 6.07) is 5.82. The van der Waals surface area contributed by atoms with Crippen molar-refractivity contribution in [1.82, 2.24) is 4.98 Å². The molecule has 2 heteroatoms. The minimum Gasteiger partial charge on any atom is -0.359 e. The van der Waals surface area contributed by atoms with Crippen molar-refractivity contribution in [2.45, 2.75) is 19.8 Å². The SMILES string of the molecule is CC(C)c1cccc2[nH]cc(F)c12. The molecule has 0 aliphatic heterocycles. The van der Waals surface area contributed by atoms with E-state index in [0.717, 1.165) is 16.5 Å². The highest BCUT2D eigenvalue weighted by Gasteiger charge is 2.09. The molecule has 0 aliphatic carbocycles. The topological polar surface area (TPSA) is 15.8 Å². The van der Waals surface area contributed by atoms with Crippen LogP contribution in [0.3, 0.4) is 0 Å². The van der Waals surface area contributed by atoms with Gasteiger partial charge in [-0.25, -0.2) is 4.39 Å². The van der Waals surface area contributed by atoms with Crippen LogP contribution in [0.15, 0.2) is 24.4 Å². The van der Waals surface area contributed by atoms with Crippen LogP contribution in [0.1, 0.15) is 25.3 Å². The van der Waals surface area contributed by atoms with Gasteiger partial charge in [0, 0.05) is 17.1 Å². The molecule has 0 radical (unpaired) electrons. The van der Waals surface area contributed by atoms with Crippen LogP contribution in [0.25, 0.3) is 10.9 Å². The number of rotatable bonds is 1. The van der Waals surface area contributed by atoms with Gasteiger partial charge in [-0.3, -0.25) is 0 Å². The highest BCUT2D eigenvalue weighted by atomic mass is 19.1. The summed E-state index contributed by atoms with van der Waals surface area (Å²) >= 11 is 0. The predicted molar refractivity (Wildman–Crippen MR) is 52.3 cm³/mol. The van der Waals surface area contributed by atoms with Crippen molar-refractivity contribution >= 4 is 10.9 Å². The largest absolute Gasteiger partial charge is 0.359 e. The van der Waals surface area contributed by atoms with Gasteiger partial charge < -0.3 is 4.98 Å². The van der Waals surface area contributed by atoms with Crippen molar-refractivity contribution < 1.29 is 4.39 Å². The first kappa shape index (κ1) is 8.30. The van der Waals surface area contributed by atoms with E-state index in [1.165, 1.54) is 6.20 Å². The third-order valence-corrected chi connectivity index (χ3v) is 2.31. The van der Waals surface area contributed by atoms with Crippen molar-refractivity contribution in [3.63, 3.8) is 0 Å². The van der Waals surface area contributed by atoms with E-state index < -0.39 is 0 Å². The van der Waals surface area contributed by atoms with Gasteiger partial charge in [0.05, 0.1) is 0 Å². The summed E-state index contributed by atoms with van der Waals surface area (Å²) in [6.07, 6.45) is 1.41. The number of hydrogen-bond donors (Lipinski definition) is 1. The number of aromatic amines is 1. The number of nitrogens with one attached hydrogen (secondary N) is 1. The number of benzene rings is 1. The van der Waals surface area contributed by atoms with Crippen molar-refractivity contribution in [3.05, 3.63) is 35.8 Å². The Morgan fingerprint density at radius 2 is 2.08 bits per heavy atom. The summed E-state index contributed by atoms with van der Waals surface area (Å²) in [4.78, 5) is 2.91. The first-order valence-electron chi connectivity index (χ1n) is 4.45. The summed E-state index contributed by atoms with van der Waals surface area (Å²) in [5, 5.41) is 0.734. The summed E-state index contributed by atoms with van der Waals surface area (Å²) in [6.45, 7) is 4.14. The molecule has 68 valence electrons. The predicted octanol–water partition coefficient (Wildman–Crippen LogP) is 3.43. The van der Waals surface area contributed by atoms with Crippen LogP contribution in [-0.2, 0) is 0 Å². The van der Waals surface area contributed by atoms with Crippen LogP contribution >= 0.6 is 0 Å². The van der Waals surface area contributed by atoms with E-state index >= 15 is 0 Å². The van der Waals surface area contributed by atoms with Gasteiger partial charge >= 0.3 is 0 Å². The molecule has 13 heavy (non-hydrogen) atoms. The van der Waals surface area contributed by atoms with Crippen molar-refractivity contribution in [3.8, 4) is 0 Å². The van der Waals surface area contributed by atoms with Crippen LogP contribution in [0.2, 0.25) is 0 Å². The molecule has 1 N–H and O–H groups in total. The molecule has 0 atom stereocenters. The maximum absolute atomic E-state index is 13.3. The molecule has 0 amide bonds. The van der Waals surface area contributed by atoms with Crippen LogP contribution in [0.5, 0.6) is 0 Å². The van der Waals surface area contributed by atoms with Crippen molar-refractivity contribution in [2.75, 3.05) is 0 Å². The lowest BCUT2D eigenvalue weighted by atomic mass is 9.99. The van der Waals surface area contributed by atoms with E-state index in [1.807, 2.05) is 18.2 Å². The number of aromatic nitrogens is 1. The summed E-state index contributed by atoms with van der Waals surface area (Å²) in [5.74, 6) is 0.202. The standard InChI is InChI=1S/C11H12FN/c1-7(2)8-4-3-5-10-11(8)9(12)6-13-10/h3-7,13H,1-2H3. The molecule has 0 unspecified atom stereocenters. The molecule has 2 aromatic rings. The van der Waals surface area contributed by atoms with Gasteiger partial charge in [-0.15, -0.1) is 0 Å². The minimum atomic E-state index is -0.153. The molecule has 1 aromatic heterocycles. The molecule has 2 rings (SSSR count). The summed E-state index contributed by atoms with van der Waals surface area (Å²) < 4.78 is 13.3. The first-order chi connectivity index (χ1) is 6.20. The number of hydrogen-bond acceptors (Lipinski definition) is 0. The van der Waals surface area contributed by atoms with Gasteiger partial charge in [0.25, 0.3) is 0 Å². The Morgan fingerprint density at radius 1 is 1.31 bits per heavy atom. The third kappa shape index (κ3) is 1.22. The normalized spacial score (nSPS) is 11.4. The van der Waals surface area contributed by atoms with E-state index in [4.69, 9.17) is 0 Å². The molecular formula is C11H12FN.